The van der Waals surface area contributed by atoms with Crippen molar-refractivity contribution in [3.05, 3.63) is 12.2 Å². The van der Waals surface area contributed by atoms with Crippen molar-refractivity contribution in [3.63, 3.8) is 0 Å². The first-order valence-electron chi connectivity index (χ1n) is 3.44. The van der Waals surface area contributed by atoms with Crippen LogP contribution in [0, 0.1) is 0 Å². The lowest BCUT2D eigenvalue weighted by molar-refractivity contribution is -0.134. The van der Waals surface area contributed by atoms with Crippen LogP contribution in [0.25, 0.3) is 0 Å². The highest BCUT2D eigenvalue weighted by atomic mass is 28.2. The molecule has 0 aliphatic carbocycles. The maximum atomic E-state index is 10.8. The summed E-state index contributed by atoms with van der Waals surface area (Å²) in [7, 11) is 0.747. The molecule has 0 fully saturated rings. The Bertz CT molecular complexity index is 202. The van der Waals surface area contributed by atoms with Gasteiger partial charge in [0.05, 0.1) is 0 Å². The Morgan fingerprint density at radius 1 is 1.17 bits per heavy atom. The Morgan fingerprint density at radius 2 is 1.75 bits per heavy atom. The Balaban J connectivity index is 3.72. The maximum absolute atomic E-state index is 10.8. The lowest BCUT2D eigenvalue weighted by Crippen LogP contribution is -2.08. The van der Waals surface area contributed by atoms with Crippen LogP contribution in [0.1, 0.15) is 12.8 Å². The molecule has 0 bridgehead atoms. The molecule has 0 spiro atoms. The standard InChI is InChI=1S/C6H12O4Si2/c1-4(6(8)10-12)2-3-5(7)9-11/h1-3H2,11-12H3. The fourth-order valence-corrected chi connectivity index (χ4v) is 1.09. The minimum atomic E-state index is -0.414. The van der Waals surface area contributed by atoms with E-state index in [1.807, 2.05) is 0 Å². The first-order chi connectivity index (χ1) is 5.61. The van der Waals surface area contributed by atoms with Crippen molar-refractivity contribution in [1.82, 2.24) is 0 Å². The molecular formula is C6H12O4Si2. The Morgan fingerprint density at radius 3 is 2.17 bits per heavy atom. The summed E-state index contributed by atoms with van der Waals surface area (Å²) < 4.78 is 9.06. The summed E-state index contributed by atoms with van der Waals surface area (Å²) in [4.78, 5) is 21.4. The van der Waals surface area contributed by atoms with Gasteiger partial charge in [-0.25, -0.2) is 4.79 Å². The molecule has 0 amide bonds. The summed E-state index contributed by atoms with van der Waals surface area (Å²) in [6, 6.07) is 0. The molecule has 4 nitrogen and oxygen atoms in total. The molecule has 0 atom stereocenters. The quantitative estimate of drug-likeness (QED) is 0.391. The van der Waals surface area contributed by atoms with Crippen LogP contribution in [0.2, 0.25) is 0 Å². The van der Waals surface area contributed by atoms with Gasteiger partial charge in [-0.05, 0) is 6.42 Å². The van der Waals surface area contributed by atoms with E-state index in [0.717, 1.165) is 0 Å². The predicted molar refractivity (Wildman–Crippen MR) is 50.4 cm³/mol. The zero-order valence-corrected chi connectivity index (χ0v) is 11.3. The van der Waals surface area contributed by atoms with Crippen LogP contribution in [0.3, 0.4) is 0 Å². The first kappa shape index (κ1) is 11.1. The number of rotatable bonds is 4. The topological polar surface area (TPSA) is 52.6 Å². The fraction of sp³-hybridized carbons (Fsp3) is 0.333. The third-order valence-corrected chi connectivity index (χ3v) is 2.16. The number of hydrogen-bond acceptors (Lipinski definition) is 4. The van der Waals surface area contributed by atoms with Crippen LogP contribution in [-0.2, 0) is 18.4 Å². The normalized spacial score (nSPS) is 9.33. The van der Waals surface area contributed by atoms with Crippen LogP contribution in [0.15, 0.2) is 12.2 Å². The molecule has 0 aromatic carbocycles. The van der Waals surface area contributed by atoms with Gasteiger partial charge >= 0.3 is 5.97 Å². The summed E-state index contributed by atoms with van der Waals surface area (Å²) >= 11 is 0. The minimum Gasteiger partial charge on any atom is -0.529 e. The van der Waals surface area contributed by atoms with Gasteiger partial charge in [-0.3, -0.25) is 4.79 Å². The summed E-state index contributed by atoms with van der Waals surface area (Å²) in [5.41, 5.74) is 0.331. The van der Waals surface area contributed by atoms with E-state index in [4.69, 9.17) is 0 Å². The predicted octanol–water partition coefficient (Wildman–Crippen LogP) is -2.03. The lowest BCUT2D eigenvalue weighted by Gasteiger charge is -2.02. The summed E-state index contributed by atoms with van der Waals surface area (Å²) in [6.07, 6.45) is 0.529. The SMILES string of the molecule is C=C(CCC(=O)O[SiH3])C(=O)O[SiH3]. The van der Waals surface area contributed by atoms with Gasteiger partial charge in [0.1, 0.15) is 0 Å². The highest BCUT2D eigenvalue weighted by Gasteiger charge is 2.08. The van der Waals surface area contributed by atoms with Gasteiger partial charge in [0.25, 0.3) is 5.97 Å². The van der Waals surface area contributed by atoms with Gasteiger partial charge in [0.15, 0.2) is 0 Å². The summed E-state index contributed by atoms with van der Waals surface area (Å²) in [6.45, 7) is 3.48. The second-order valence-corrected chi connectivity index (χ2v) is 2.99. The number of carbonyl (C=O) groups excluding carboxylic acids is 2. The highest BCUT2D eigenvalue weighted by molar-refractivity contribution is 6.09. The molecule has 0 unspecified atom stereocenters. The maximum Gasteiger partial charge on any atom is 0.319 e. The average molecular weight is 204 g/mol. The third-order valence-electron chi connectivity index (χ3n) is 1.33. The van der Waals surface area contributed by atoms with Gasteiger partial charge in [0, 0.05) is 12.0 Å². The fourth-order valence-electron chi connectivity index (χ4n) is 0.601. The van der Waals surface area contributed by atoms with E-state index in [0.29, 0.717) is 33.0 Å². The second kappa shape index (κ2) is 5.72. The van der Waals surface area contributed by atoms with E-state index in [1.165, 1.54) is 0 Å². The molecule has 0 saturated heterocycles. The van der Waals surface area contributed by atoms with Gasteiger partial charge in [-0.2, -0.15) is 0 Å². The molecule has 0 aliphatic rings. The van der Waals surface area contributed by atoms with Crippen molar-refractivity contribution >= 4 is 32.9 Å². The molecule has 0 saturated carbocycles. The van der Waals surface area contributed by atoms with Crippen molar-refractivity contribution in [3.8, 4) is 0 Å². The van der Waals surface area contributed by atoms with Crippen molar-refractivity contribution in [2.75, 3.05) is 0 Å². The van der Waals surface area contributed by atoms with E-state index in [1.54, 1.807) is 0 Å². The van der Waals surface area contributed by atoms with Crippen LogP contribution in [0.4, 0.5) is 0 Å². The van der Waals surface area contributed by atoms with Crippen LogP contribution in [-0.4, -0.2) is 32.9 Å². The third kappa shape index (κ3) is 4.09. The second-order valence-electron chi connectivity index (χ2n) is 2.17. The van der Waals surface area contributed by atoms with Crippen LogP contribution < -0.4 is 0 Å². The van der Waals surface area contributed by atoms with Crippen LogP contribution >= 0.6 is 0 Å². The molecule has 0 N–H and O–H groups in total. The Hall–Kier alpha value is -0.886. The average Bonchev–Trinajstić information content (AvgIpc) is 2.11. The monoisotopic (exact) mass is 204 g/mol. The zero-order chi connectivity index (χ0) is 9.56. The van der Waals surface area contributed by atoms with E-state index in [-0.39, 0.29) is 12.4 Å². The van der Waals surface area contributed by atoms with Gasteiger partial charge in [0.2, 0.25) is 21.0 Å². The molecule has 68 valence electrons. The smallest absolute Gasteiger partial charge is 0.319 e. The van der Waals surface area contributed by atoms with E-state index >= 15 is 0 Å². The largest absolute Gasteiger partial charge is 0.529 e. The van der Waals surface area contributed by atoms with Crippen molar-refractivity contribution in [2.45, 2.75) is 12.8 Å². The Kier molecular flexibility index (Phi) is 5.30. The van der Waals surface area contributed by atoms with Crippen LogP contribution in [0.5, 0.6) is 0 Å². The molecule has 0 heterocycles. The molecule has 12 heavy (non-hydrogen) atoms. The van der Waals surface area contributed by atoms with E-state index < -0.39 is 5.97 Å². The van der Waals surface area contributed by atoms with E-state index in [9.17, 15) is 9.59 Å². The zero-order valence-electron chi connectivity index (χ0n) is 7.25. The molecule has 6 heteroatoms. The van der Waals surface area contributed by atoms with Gasteiger partial charge in [-0.15, -0.1) is 0 Å². The summed E-state index contributed by atoms with van der Waals surface area (Å²) in [5, 5.41) is 0. The molecule has 0 aromatic rings. The van der Waals surface area contributed by atoms with Gasteiger partial charge in [-0.1, -0.05) is 6.58 Å². The van der Waals surface area contributed by atoms with Gasteiger partial charge < -0.3 is 8.85 Å². The number of carbonyl (C=O) groups is 2. The van der Waals surface area contributed by atoms with Crippen molar-refractivity contribution in [2.24, 2.45) is 0 Å². The summed E-state index contributed by atoms with van der Waals surface area (Å²) in [5.74, 6) is -0.702. The van der Waals surface area contributed by atoms with Crippen molar-refractivity contribution in [1.29, 1.82) is 0 Å². The van der Waals surface area contributed by atoms with Crippen molar-refractivity contribution < 1.29 is 18.4 Å². The molecular weight excluding hydrogens is 192 g/mol. The molecule has 0 rings (SSSR count). The number of hydrogen-bond donors (Lipinski definition) is 0. The Labute approximate surface area is 77.0 Å². The highest BCUT2D eigenvalue weighted by Crippen LogP contribution is 2.04. The minimum absolute atomic E-state index is 0.207. The van der Waals surface area contributed by atoms with E-state index in [2.05, 4.69) is 15.4 Å². The molecule has 0 aliphatic heterocycles. The lowest BCUT2D eigenvalue weighted by atomic mass is 10.2. The molecule has 0 aromatic heterocycles. The first-order valence-corrected chi connectivity index (χ1v) is 5.08. The molecule has 0 radical (unpaired) electrons.